The summed E-state index contributed by atoms with van der Waals surface area (Å²) in [6.07, 6.45) is 1.66. The Hall–Kier alpha value is -3.09. The topological polar surface area (TPSA) is 86.9 Å². The summed E-state index contributed by atoms with van der Waals surface area (Å²) >= 11 is 0. The molecule has 0 aliphatic carbocycles. The van der Waals surface area contributed by atoms with Crippen molar-refractivity contribution < 1.29 is 14.8 Å². The van der Waals surface area contributed by atoms with E-state index in [1.54, 1.807) is 4.90 Å². The van der Waals surface area contributed by atoms with E-state index in [9.17, 15) is 20.0 Å². The predicted molar refractivity (Wildman–Crippen MR) is 96.6 cm³/mol. The van der Waals surface area contributed by atoms with Crippen LogP contribution < -0.4 is 4.90 Å². The molecular weight excluding hydrogens is 334 g/mol. The first-order valence-electron chi connectivity index (χ1n) is 8.66. The number of rotatable bonds is 2. The van der Waals surface area contributed by atoms with Gasteiger partial charge < -0.3 is 14.9 Å². The van der Waals surface area contributed by atoms with Crippen molar-refractivity contribution in [3.05, 3.63) is 63.7 Å². The first-order chi connectivity index (χ1) is 12.6. The van der Waals surface area contributed by atoms with Crippen LogP contribution in [-0.2, 0) is 6.42 Å². The number of phenolic OH excluding ortho intramolecular Hbond substituents is 1. The largest absolute Gasteiger partial charge is 0.502 e. The van der Waals surface area contributed by atoms with Crippen molar-refractivity contribution >= 4 is 17.3 Å². The number of aromatic hydroxyl groups is 1. The Morgan fingerprint density at radius 3 is 2.77 bits per heavy atom. The Bertz CT molecular complexity index is 883. The van der Waals surface area contributed by atoms with Crippen LogP contribution in [0, 0.1) is 10.1 Å². The van der Waals surface area contributed by atoms with Crippen LogP contribution in [0.3, 0.4) is 0 Å². The molecule has 7 nitrogen and oxygen atoms in total. The summed E-state index contributed by atoms with van der Waals surface area (Å²) in [5, 5.41) is 21.1. The second-order valence-electron chi connectivity index (χ2n) is 6.72. The first kappa shape index (κ1) is 16.4. The molecule has 0 radical (unpaired) electrons. The second kappa shape index (κ2) is 6.33. The molecule has 1 unspecified atom stereocenters. The lowest BCUT2D eigenvalue weighted by Crippen LogP contribution is -2.41. The third-order valence-corrected chi connectivity index (χ3v) is 5.17. The maximum Gasteiger partial charge on any atom is 0.323 e. The van der Waals surface area contributed by atoms with Crippen LogP contribution in [0.15, 0.2) is 42.5 Å². The number of carbonyl (C=O) groups is 1. The van der Waals surface area contributed by atoms with E-state index in [4.69, 9.17) is 0 Å². The fraction of sp³-hybridized carbons (Fsp3) is 0.316. The van der Waals surface area contributed by atoms with Crippen molar-refractivity contribution in [2.75, 3.05) is 24.5 Å². The number of hydrogen-bond acceptors (Lipinski definition) is 5. The van der Waals surface area contributed by atoms with E-state index in [-0.39, 0.29) is 11.6 Å². The van der Waals surface area contributed by atoms with E-state index >= 15 is 0 Å². The van der Waals surface area contributed by atoms with Gasteiger partial charge in [-0.2, -0.15) is 0 Å². The molecule has 134 valence electrons. The second-order valence-corrected chi connectivity index (χ2v) is 6.72. The smallest absolute Gasteiger partial charge is 0.323 e. The van der Waals surface area contributed by atoms with Gasteiger partial charge in [-0.25, -0.2) is 0 Å². The number of fused-ring (bicyclic) bond motifs is 3. The molecule has 1 amide bonds. The monoisotopic (exact) mass is 353 g/mol. The van der Waals surface area contributed by atoms with Gasteiger partial charge in [0.25, 0.3) is 5.91 Å². The highest BCUT2D eigenvalue weighted by molar-refractivity contribution is 5.99. The van der Waals surface area contributed by atoms with Gasteiger partial charge in [0, 0.05) is 25.3 Å². The summed E-state index contributed by atoms with van der Waals surface area (Å²) in [7, 11) is 0. The Balaban J connectivity index is 1.62. The first-order valence-corrected chi connectivity index (χ1v) is 8.66. The van der Waals surface area contributed by atoms with Crippen LogP contribution in [0.25, 0.3) is 0 Å². The van der Waals surface area contributed by atoms with Gasteiger partial charge in [-0.05, 0) is 36.6 Å². The number of para-hydroxylation sites is 2. The lowest BCUT2D eigenvalue weighted by Gasteiger charge is -2.27. The molecule has 1 saturated heterocycles. The SMILES string of the molecule is O=C(c1cccc(O)c1[N+](=O)[O-])N1CCCN2c3ccccc3CC2C1. The van der Waals surface area contributed by atoms with E-state index in [1.807, 2.05) is 12.1 Å². The van der Waals surface area contributed by atoms with Gasteiger partial charge in [0.05, 0.1) is 11.0 Å². The number of nitrogens with zero attached hydrogens (tertiary/aromatic N) is 3. The molecule has 1 N–H and O–H groups in total. The number of nitro groups is 1. The number of anilines is 1. The summed E-state index contributed by atoms with van der Waals surface area (Å²) in [5.41, 5.74) is 1.91. The fourth-order valence-corrected chi connectivity index (χ4v) is 4.02. The number of phenols is 1. The van der Waals surface area contributed by atoms with Crippen molar-refractivity contribution in [2.24, 2.45) is 0 Å². The molecule has 0 bridgehead atoms. The number of nitro benzene ring substituents is 1. The van der Waals surface area contributed by atoms with Gasteiger partial charge in [0.1, 0.15) is 5.56 Å². The zero-order chi connectivity index (χ0) is 18.3. The van der Waals surface area contributed by atoms with Crippen molar-refractivity contribution in [2.45, 2.75) is 18.9 Å². The number of benzene rings is 2. The number of carbonyl (C=O) groups excluding carboxylic acids is 1. The van der Waals surface area contributed by atoms with Gasteiger partial charge in [-0.3, -0.25) is 14.9 Å². The minimum Gasteiger partial charge on any atom is -0.502 e. The molecule has 2 aromatic carbocycles. The number of amides is 1. The van der Waals surface area contributed by atoms with E-state index in [0.717, 1.165) is 19.4 Å². The molecule has 26 heavy (non-hydrogen) atoms. The summed E-state index contributed by atoms with van der Waals surface area (Å²) in [5.74, 6) is -0.879. The summed E-state index contributed by atoms with van der Waals surface area (Å²) in [6, 6.07) is 12.5. The number of hydrogen-bond donors (Lipinski definition) is 1. The zero-order valence-electron chi connectivity index (χ0n) is 14.2. The highest BCUT2D eigenvalue weighted by atomic mass is 16.6. The minimum absolute atomic E-state index is 0.0565. The average Bonchev–Trinajstić information content (AvgIpc) is 2.83. The summed E-state index contributed by atoms with van der Waals surface area (Å²) in [4.78, 5) is 27.6. The van der Waals surface area contributed by atoms with E-state index < -0.39 is 22.3 Å². The van der Waals surface area contributed by atoms with Crippen molar-refractivity contribution in [1.29, 1.82) is 0 Å². The van der Waals surface area contributed by atoms with Crippen LogP contribution in [-0.4, -0.2) is 46.5 Å². The normalized spacial score (nSPS) is 18.8. The molecule has 0 spiro atoms. The maximum atomic E-state index is 13.0. The van der Waals surface area contributed by atoms with Crippen LogP contribution in [0.1, 0.15) is 22.3 Å². The predicted octanol–water partition coefficient (Wildman–Crippen LogP) is 2.58. The van der Waals surface area contributed by atoms with Gasteiger partial charge in [-0.1, -0.05) is 24.3 Å². The summed E-state index contributed by atoms with van der Waals surface area (Å²) in [6.45, 7) is 1.91. The van der Waals surface area contributed by atoms with Crippen molar-refractivity contribution in [3.8, 4) is 5.75 Å². The van der Waals surface area contributed by atoms with Gasteiger partial charge >= 0.3 is 5.69 Å². The molecule has 2 aromatic rings. The lowest BCUT2D eigenvalue weighted by molar-refractivity contribution is -0.386. The van der Waals surface area contributed by atoms with Crippen molar-refractivity contribution in [3.63, 3.8) is 0 Å². The van der Waals surface area contributed by atoms with E-state index in [0.29, 0.717) is 13.1 Å². The average molecular weight is 353 g/mol. The van der Waals surface area contributed by atoms with Gasteiger partial charge in [-0.15, -0.1) is 0 Å². The van der Waals surface area contributed by atoms with Crippen LogP contribution in [0.2, 0.25) is 0 Å². The van der Waals surface area contributed by atoms with Crippen molar-refractivity contribution in [1.82, 2.24) is 4.90 Å². The quantitative estimate of drug-likeness (QED) is 0.662. The maximum absolute atomic E-state index is 13.0. The molecule has 4 rings (SSSR count). The third-order valence-electron chi connectivity index (χ3n) is 5.17. The van der Waals surface area contributed by atoms with Gasteiger partial charge in [0.15, 0.2) is 5.75 Å². The Labute approximate surface area is 150 Å². The molecule has 0 aromatic heterocycles. The zero-order valence-corrected chi connectivity index (χ0v) is 14.2. The van der Waals surface area contributed by atoms with E-state index in [2.05, 4.69) is 17.0 Å². The lowest BCUT2D eigenvalue weighted by atomic mass is 10.1. The molecule has 0 saturated carbocycles. The molecular formula is C19H19N3O4. The van der Waals surface area contributed by atoms with Crippen LogP contribution in [0.5, 0.6) is 5.75 Å². The van der Waals surface area contributed by atoms with Crippen LogP contribution >= 0.6 is 0 Å². The molecule has 7 heteroatoms. The van der Waals surface area contributed by atoms with Crippen LogP contribution in [0.4, 0.5) is 11.4 Å². The Morgan fingerprint density at radius 2 is 1.96 bits per heavy atom. The minimum atomic E-state index is -0.696. The highest BCUT2D eigenvalue weighted by Crippen LogP contribution is 2.35. The molecule has 2 aliphatic heterocycles. The molecule has 2 aliphatic rings. The Kier molecular flexibility index (Phi) is 3.99. The fourth-order valence-electron chi connectivity index (χ4n) is 4.02. The van der Waals surface area contributed by atoms with E-state index in [1.165, 1.54) is 29.4 Å². The molecule has 1 atom stereocenters. The molecule has 2 heterocycles. The Morgan fingerprint density at radius 1 is 1.15 bits per heavy atom. The summed E-state index contributed by atoms with van der Waals surface area (Å²) < 4.78 is 0. The third kappa shape index (κ3) is 2.65. The van der Waals surface area contributed by atoms with Gasteiger partial charge in [0.2, 0.25) is 0 Å². The molecule has 1 fully saturated rings. The standard InChI is InChI=1S/C19H19N3O4/c23-17-8-3-6-15(18(17)22(25)26)19(24)20-9-4-10-21-14(12-20)11-13-5-1-2-7-16(13)21/h1-3,5-8,14,23H,4,9-12H2. The highest BCUT2D eigenvalue weighted by Gasteiger charge is 2.35.